The van der Waals surface area contributed by atoms with E-state index in [-0.39, 0.29) is 11.9 Å². The molecule has 1 atom stereocenters. The largest absolute Gasteiger partial charge is 0.340 e. The van der Waals surface area contributed by atoms with E-state index in [9.17, 15) is 4.79 Å². The van der Waals surface area contributed by atoms with Crippen LogP contribution in [0.3, 0.4) is 0 Å². The number of benzene rings is 1. The molecule has 1 aliphatic heterocycles. The van der Waals surface area contributed by atoms with E-state index < -0.39 is 0 Å². The number of carbonyl (C=O) groups is 1. The quantitative estimate of drug-likeness (QED) is 0.910. The number of nitrogens with zero attached hydrogens (tertiary/aromatic N) is 3. The summed E-state index contributed by atoms with van der Waals surface area (Å²) in [5.74, 6) is 0.218. The average molecular weight is 340 g/mol. The molecule has 1 unspecified atom stereocenters. The minimum Gasteiger partial charge on any atom is -0.340 e. The van der Waals surface area contributed by atoms with E-state index in [0.29, 0.717) is 6.54 Å². The number of carbonyl (C=O) groups excluding carboxylic acids is 1. The highest BCUT2D eigenvalue weighted by Crippen LogP contribution is 2.22. The van der Waals surface area contributed by atoms with Gasteiger partial charge in [0.2, 0.25) is 5.91 Å². The van der Waals surface area contributed by atoms with Crippen molar-refractivity contribution in [2.75, 3.05) is 13.6 Å². The fourth-order valence-corrected chi connectivity index (χ4v) is 3.65. The topological polar surface area (TPSA) is 52.2 Å². The van der Waals surface area contributed by atoms with Gasteiger partial charge in [-0.15, -0.1) is 0 Å². The molecule has 134 valence electrons. The first-order valence-electron chi connectivity index (χ1n) is 9.09. The Labute approximate surface area is 150 Å². The molecule has 5 nitrogen and oxygen atoms in total. The summed E-state index contributed by atoms with van der Waals surface area (Å²) in [6, 6.07) is 10.4. The van der Waals surface area contributed by atoms with Crippen LogP contribution in [0.25, 0.3) is 0 Å². The van der Waals surface area contributed by atoms with Gasteiger partial charge in [-0.3, -0.25) is 14.8 Å². The van der Waals surface area contributed by atoms with Crippen molar-refractivity contribution in [3.05, 3.63) is 52.8 Å². The number of amides is 1. The molecule has 1 N–H and O–H groups in total. The van der Waals surface area contributed by atoms with Crippen LogP contribution in [0.15, 0.2) is 30.3 Å². The number of H-pyrrole nitrogens is 1. The van der Waals surface area contributed by atoms with Gasteiger partial charge in [0.25, 0.3) is 0 Å². The number of likely N-dealkylation sites (N-methyl/N-ethyl adjacent to an activating group) is 1. The van der Waals surface area contributed by atoms with Gasteiger partial charge < -0.3 is 4.90 Å². The normalized spacial score (nSPS) is 18.3. The lowest BCUT2D eigenvalue weighted by Gasteiger charge is -2.36. The summed E-state index contributed by atoms with van der Waals surface area (Å²) >= 11 is 0. The monoisotopic (exact) mass is 340 g/mol. The predicted octanol–water partition coefficient (Wildman–Crippen LogP) is 3.04. The highest BCUT2D eigenvalue weighted by Gasteiger charge is 2.31. The van der Waals surface area contributed by atoms with Crippen molar-refractivity contribution in [3.63, 3.8) is 0 Å². The molecule has 0 saturated carbocycles. The summed E-state index contributed by atoms with van der Waals surface area (Å²) < 4.78 is 0. The molecule has 25 heavy (non-hydrogen) atoms. The maximum absolute atomic E-state index is 13.1. The molecule has 1 amide bonds. The van der Waals surface area contributed by atoms with Gasteiger partial charge in [-0.1, -0.05) is 36.8 Å². The van der Waals surface area contributed by atoms with Crippen LogP contribution >= 0.6 is 0 Å². The van der Waals surface area contributed by atoms with E-state index in [2.05, 4.69) is 39.4 Å². The molecule has 2 aromatic rings. The minimum atomic E-state index is -0.0218. The van der Waals surface area contributed by atoms with Gasteiger partial charge in [0.15, 0.2) is 0 Å². The Kier molecular flexibility index (Phi) is 5.53. The fourth-order valence-electron chi connectivity index (χ4n) is 3.65. The van der Waals surface area contributed by atoms with Gasteiger partial charge in [-0.25, -0.2) is 0 Å². The fraction of sp³-hybridized carbons (Fsp3) is 0.500. The third-order valence-electron chi connectivity index (χ3n) is 5.18. The molecular weight excluding hydrogens is 312 g/mol. The van der Waals surface area contributed by atoms with E-state index in [1.54, 1.807) is 0 Å². The number of piperidine rings is 1. The van der Waals surface area contributed by atoms with Crippen molar-refractivity contribution >= 4 is 5.91 Å². The van der Waals surface area contributed by atoms with Crippen LogP contribution in [-0.4, -0.2) is 45.5 Å². The molecule has 2 heterocycles. The lowest BCUT2D eigenvalue weighted by molar-refractivity contribution is -0.137. The third kappa shape index (κ3) is 4.10. The van der Waals surface area contributed by atoms with Gasteiger partial charge in [0, 0.05) is 31.4 Å². The Balaban J connectivity index is 1.69. The van der Waals surface area contributed by atoms with Crippen LogP contribution < -0.4 is 0 Å². The predicted molar refractivity (Wildman–Crippen MR) is 99.0 cm³/mol. The molecule has 0 bridgehead atoms. The second kappa shape index (κ2) is 7.83. The highest BCUT2D eigenvalue weighted by atomic mass is 16.2. The molecule has 1 aromatic heterocycles. The van der Waals surface area contributed by atoms with E-state index in [0.717, 1.165) is 42.9 Å². The number of hydrogen-bond acceptors (Lipinski definition) is 3. The zero-order valence-corrected chi connectivity index (χ0v) is 15.5. The number of rotatable bonds is 5. The summed E-state index contributed by atoms with van der Waals surface area (Å²) in [6.45, 7) is 6.44. The Morgan fingerprint density at radius 1 is 1.28 bits per heavy atom. The molecule has 1 aliphatic rings. The van der Waals surface area contributed by atoms with Gasteiger partial charge in [0.1, 0.15) is 0 Å². The number of nitrogens with one attached hydrogen (secondary N) is 1. The summed E-state index contributed by atoms with van der Waals surface area (Å²) in [5.41, 5.74) is 4.41. The number of hydrogen-bond donors (Lipinski definition) is 1. The Bertz CT molecular complexity index is 690. The van der Waals surface area contributed by atoms with Crippen LogP contribution in [0.2, 0.25) is 0 Å². The van der Waals surface area contributed by atoms with Crippen molar-refractivity contribution in [2.45, 2.75) is 52.2 Å². The molecule has 0 spiro atoms. The molecule has 1 aromatic carbocycles. The molecule has 0 aliphatic carbocycles. The lowest BCUT2D eigenvalue weighted by Crippen LogP contribution is -2.49. The van der Waals surface area contributed by atoms with Crippen LogP contribution in [-0.2, 0) is 17.9 Å². The molecular formula is C20H28N4O. The third-order valence-corrected chi connectivity index (χ3v) is 5.18. The zero-order chi connectivity index (χ0) is 17.8. The molecule has 5 heteroatoms. The van der Waals surface area contributed by atoms with Gasteiger partial charge in [0.05, 0.1) is 11.7 Å². The van der Waals surface area contributed by atoms with Gasteiger partial charge in [-0.05, 0) is 38.8 Å². The summed E-state index contributed by atoms with van der Waals surface area (Å²) in [5, 5.41) is 7.24. The molecule has 1 fully saturated rings. The summed E-state index contributed by atoms with van der Waals surface area (Å²) in [7, 11) is 1.91. The van der Waals surface area contributed by atoms with Crippen molar-refractivity contribution in [3.8, 4) is 0 Å². The van der Waals surface area contributed by atoms with Crippen LogP contribution in [0.4, 0.5) is 0 Å². The van der Waals surface area contributed by atoms with Gasteiger partial charge in [-0.2, -0.15) is 5.10 Å². The van der Waals surface area contributed by atoms with E-state index >= 15 is 0 Å². The Morgan fingerprint density at radius 3 is 2.72 bits per heavy atom. The highest BCUT2D eigenvalue weighted by molar-refractivity contribution is 5.81. The SMILES string of the molecule is Cc1n[nH]c(C)c1CN(C)C(=O)C1CCCCN1Cc1ccccc1. The second-order valence-electron chi connectivity index (χ2n) is 7.07. The standard InChI is InChI=1S/C20H28N4O/c1-15-18(16(2)22-21-15)14-23(3)20(25)19-11-7-8-12-24(19)13-17-9-5-4-6-10-17/h4-6,9-10,19H,7-8,11-14H2,1-3H3,(H,21,22). The average Bonchev–Trinajstić information content (AvgIpc) is 2.94. The first-order valence-corrected chi connectivity index (χ1v) is 9.09. The number of aromatic amines is 1. The maximum Gasteiger partial charge on any atom is 0.239 e. The smallest absolute Gasteiger partial charge is 0.239 e. The first kappa shape index (κ1) is 17.7. The number of aryl methyl sites for hydroxylation is 2. The minimum absolute atomic E-state index is 0.0218. The van der Waals surface area contributed by atoms with Crippen LogP contribution in [0.5, 0.6) is 0 Å². The Hall–Kier alpha value is -2.14. The van der Waals surface area contributed by atoms with E-state index in [1.165, 1.54) is 12.0 Å². The van der Waals surface area contributed by atoms with Gasteiger partial charge >= 0.3 is 0 Å². The molecule has 1 saturated heterocycles. The van der Waals surface area contributed by atoms with Crippen molar-refractivity contribution in [1.82, 2.24) is 20.0 Å². The summed E-state index contributed by atoms with van der Waals surface area (Å²) in [6.07, 6.45) is 3.24. The van der Waals surface area contributed by atoms with Crippen molar-refractivity contribution in [1.29, 1.82) is 0 Å². The van der Waals surface area contributed by atoms with Crippen LogP contribution in [0.1, 0.15) is 41.8 Å². The number of aromatic nitrogens is 2. The Morgan fingerprint density at radius 2 is 2.04 bits per heavy atom. The first-order chi connectivity index (χ1) is 12.1. The van der Waals surface area contributed by atoms with Crippen LogP contribution in [0, 0.1) is 13.8 Å². The van der Waals surface area contributed by atoms with E-state index in [4.69, 9.17) is 0 Å². The van der Waals surface area contributed by atoms with Crippen molar-refractivity contribution < 1.29 is 4.79 Å². The number of likely N-dealkylation sites (tertiary alicyclic amines) is 1. The lowest BCUT2D eigenvalue weighted by atomic mass is 9.99. The zero-order valence-electron chi connectivity index (χ0n) is 15.5. The summed E-state index contributed by atoms with van der Waals surface area (Å²) in [4.78, 5) is 17.3. The molecule has 0 radical (unpaired) electrons. The molecule has 3 rings (SSSR count). The van der Waals surface area contributed by atoms with E-state index in [1.807, 2.05) is 31.9 Å². The van der Waals surface area contributed by atoms with Crippen molar-refractivity contribution in [2.24, 2.45) is 0 Å². The second-order valence-corrected chi connectivity index (χ2v) is 7.07. The maximum atomic E-state index is 13.1.